The van der Waals surface area contributed by atoms with E-state index in [1.807, 2.05) is 24.4 Å². The molecule has 0 aliphatic carbocycles. The van der Waals surface area contributed by atoms with Crippen molar-refractivity contribution in [3.05, 3.63) is 90.6 Å². The first-order valence-electron chi connectivity index (χ1n) is 11.1. The predicted molar refractivity (Wildman–Crippen MR) is 134 cm³/mol. The molecule has 1 aliphatic rings. The fourth-order valence-electron chi connectivity index (χ4n) is 3.88. The van der Waals surface area contributed by atoms with Crippen molar-refractivity contribution in [2.75, 3.05) is 33.2 Å². The molecule has 8 heteroatoms. The quantitative estimate of drug-likeness (QED) is 0.269. The van der Waals surface area contributed by atoms with Gasteiger partial charge in [-0.15, -0.1) is 0 Å². The lowest BCUT2D eigenvalue weighted by Gasteiger charge is -2.30. The highest BCUT2D eigenvalue weighted by Gasteiger charge is 2.19. The van der Waals surface area contributed by atoms with E-state index >= 15 is 0 Å². The van der Waals surface area contributed by atoms with Crippen molar-refractivity contribution in [3.8, 4) is 0 Å². The number of carbonyl (C=O) groups excluding carboxylic acids is 2. The molecule has 3 rings (SSSR count). The summed E-state index contributed by atoms with van der Waals surface area (Å²) in [6.45, 7) is 9.80. The number of imidazole rings is 1. The van der Waals surface area contributed by atoms with Gasteiger partial charge in [0.05, 0.1) is 6.10 Å². The number of fused-ring (bicyclic) bond motifs is 1. The topological polar surface area (TPSA) is 99.0 Å². The van der Waals surface area contributed by atoms with Gasteiger partial charge in [-0.05, 0) is 59.2 Å². The minimum atomic E-state index is -0.709. The summed E-state index contributed by atoms with van der Waals surface area (Å²) in [5.74, 6) is -0.359. The average molecular weight is 462 g/mol. The lowest BCUT2D eigenvalue weighted by Crippen LogP contribution is -2.42. The zero-order valence-electron chi connectivity index (χ0n) is 19.4. The van der Waals surface area contributed by atoms with Crippen LogP contribution < -0.4 is 10.6 Å². The van der Waals surface area contributed by atoms with Crippen molar-refractivity contribution in [3.63, 3.8) is 0 Å². The molecule has 1 unspecified atom stereocenters. The number of aldehydes is 1. The van der Waals surface area contributed by atoms with Crippen molar-refractivity contribution in [2.45, 2.75) is 12.5 Å². The first kappa shape index (κ1) is 24.9. The maximum absolute atomic E-state index is 12.6. The molecule has 0 radical (unpaired) electrons. The van der Waals surface area contributed by atoms with Crippen LogP contribution in [0, 0.1) is 0 Å². The van der Waals surface area contributed by atoms with Gasteiger partial charge in [-0.1, -0.05) is 25.3 Å². The number of aromatic nitrogens is 2. The summed E-state index contributed by atoms with van der Waals surface area (Å²) in [5.41, 5.74) is 4.69. The monoisotopic (exact) mass is 461 g/mol. The number of allylic oxidation sites excluding steroid dienone is 4. The Bertz CT molecular complexity index is 1160. The van der Waals surface area contributed by atoms with E-state index in [0.717, 1.165) is 36.0 Å². The van der Waals surface area contributed by atoms with Crippen LogP contribution in [0.3, 0.4) is 0 Å². The van der Waals surface area contributed by atoms with E-state index in [9.17, 15) is 14.7 Å². The number of amides is 1. The van der Waals surface area contributed by atoms with Crippen molar-refractivity contribution in [1.82, 2.24) is 24.9 Å². The Morgan fingerprint density at radius 1 is 1.26 bits per heavy atom. The number of aliphatic hydroxyl groups excluding tert-OH is 1. The minimum absolute atomic E-state index is 0.122. The number of hydrogen-bond donors (Lipinski definition) is 3. The van der Waals surface area contributed by atoms with Crippen LogP contribution in [0.15, 0.2) is 79.3 Å². The molecular weight excluding hydrogens is 430 g/mol. The van der Waals surface area contributed by atoms with Gasteiger partial charge in [0.1, 0.15) is 17.6 Å². The molecule has 2 aromatic rings. The van der Waals surface area contributed by atoms with E-state index in [-0.39, 0.29) is 18.1 Å². The molecule has 34 heavy (non-hydrogen) atoms. The number of hydrogen-bond acceptors (Lipinski definition) is 6. The van der Waals surface area contributed by atoms with Gasteiger partial charge < -0.3 is 20.1 Å². The fourth-order valence-corrected chi connectivity index (χ4v) is 3.88. The molecule has 2 aromatic heterocycles. The Morgan fingerprint density at radius 3 is 2.76 bits per heavy atom. The van der Waals surface area contributed by atoms with E-state index < -0.39 is 6.10 Å². The Hall–Kier alpha value is -3.75. The van der Waals surface area contributed by atoms with E-state index in [1.165, 1.54) is 11.6 Å². The Balaban J connectivity index is 1.61. The molecule has 1 aliphatic heterocycles. The zero-order chi connectivity index (χ0) is 24.5. The normalized spacial score (nSPS) is 16.0. The molecule has 3 heterocycles. The number of β-amino-alcohol motifs (C(OH)–C–C–N with tert-alkyl or cyclic N) is 1. The third kappa shape index (κ3) is 6.18. The Morgan fingerprint density at radius 2 is 2.06 bits per heavy atom. The second-order valence-electron chi connectivity index (χ2n) is 8.00. The van der Waals surface area contributed by atoms with Gasteiger partial charge in [0.2, 0.25) is 0 Å². The molecule has 0 spiro atoms. The minimum Gasteiger partial charge on any atom is -0.394 e. The molecule has 0 aromatic carbocycles. The first-order chi connectivity index (χ1) is 16.5. The third-order valence-corrected chi connectivity index (χ3v) is 5.66. The second-order valence-corrected chi connectivity index (χ2v) is 8.00. The zero-order valence-corrected chi connectivity index (χ0v) is 19.4. The predicted octanol–water partition coefficient (Wildman–Crippen LogP) is 2.11. The van der Waals surface area contributed by atoms with Crippen LogP contribution in [0.2, 0.25) is 0 Å². The molecule has 178 valence electrons. The summed E-state index contributed by atoms with van der Waals surface area (Å²) in [6, 6.07) is 3.62. The summed E-state index contributed by atoms with van der Waals surface area (Å²) in [5, 5.41) is 16.1. The summed E-state index contributed by atoms with van der Waals surface area (Å²) in [6.07, 6.45) is 13.0. The summed E-state index contributed by atoms with van der Waals surface area (Å²) >= 11 is 0. The second kappa shape index (κ2) is 11.9. The molecule has 3 N–H and O–H groups in total. The van der Waals surface area contributed by atoms with Gasteiger partial charge in [0.25, 0.3) is 5.91 Å². The third-order valence-electron chi connectivity index (χ3n) is 5.66. The number of nitrogens with one attached hydrogen (secondary N) is 2. The molecule has 0 saturated heterocycles. The summed E-state index contributed by atoms with van der Waals surface area (Å²) < 4.78 is 1.74. The largest absolute Gasteiger partial charge is 0.394 e. The standard InChI is InChI=1S/C26H31N5O3/c1-4-19-9-12-30(15-20(19)5-2)17-23(33)14-28-26(34)24-18-31-16-22(6-7-25(31)29-24)21(10-13-32)8-11-27-3/h4-8,10-11,13,16,18,23,27,33H,1-2,9,12,14-15,17H2,3H3,(H,28,34)/b11-8-,21-10+. The first-order valence-corrected chi connectivity index (χ1v) is 11.1. The van der Waals surface area contributed by atoms with E-state index in [1.54, 1.807) is 36.0 Å². The molecular formula is C26H31N5O3. The summed E-state index contributed by atoms with van der Waals surface area (Å²) in [4.78, 5) is 30.1. The highest BCUT2D eigenvalue weighted by atomic mass is 16.3. The van der Waals surface area contributed by atoms with Crippen LogP contribution in [0.5, 0.6) is 0 Å². The Kier molecular flexibility index (Phi) is 8.73. The van der Waals surface area contributed by atoms with Crippen molar-refractivity contribution < 1.29 is 14.7 Å². The van der Waals surface area contributed by atoms with E-state index in [2.05, 4.69) is 33.7 Å². The van der Waals surface area contributed by atoms with Gasteiger partial charge in [-0.25, -0.2) is 4.98 Å². The fraction of sp³-hybridized carbons (Fsp3) is 0.269. The highest BCUT2D eigenvalue weighted by molar-refractivity contribution is 5.93. The van der Waals surface area contributed by atoms with E-state index in [4.69, 9.17) is 0 Å². The average Bonchev–Trinajstić information content (AvgIpc) is 3.28. The molecule has 1 atom stereocenters. The van der Waals surface area contributed by atoms with Crippen LogP contribution in [-0.4, -0.2) is 70.9 Å². The number of carbonyl (C=O) groups is 2. The van der Waals surface area contributed by atoms with Gasteiger partial charge in [0, 0.05) is 45.6 Å². The number of rotatable bonds is 11. The van der Waals surface area contributed by atoms with Crippen molar-refractivity contribution in [1.29, 1.82) is 0 Å². The van der Waals surface area contributed by atoms with Crippen molar-refractivity contribution >= 4 is 23.4 Å². The lowest BCUT2D eigenvalue weighted by atomic mass is 10.00. The van der Waals surface area contributed by atoms with Crippen LogP contribution in [-0.2, 0) is 4.79 Å². The van der Waals surface area contributed by atoms with Crippen LogP contribution in [0.25, 0.3) is 11.2 Å². The number of nitrogens with zero attached hydrogens (tertiary/aromatic N) is 3. The molecule has 1 amide bonds. The van der Waals surface area contributed by atoms with Gasteiger partial charge in [-0.3, -0.25) is 14.5 Å². The van der Waals surface area contributed by atoms with Gasteiger partial charge in [0.15, 0.2) is 0 Å². The number of pyridine rings is 1. The Labute approximate surface area is 199 Å². The van der Waals surface area contributed by atoms with E-state index in [0.29, 0.717) is 18.7 Å². The summed E-state index contributed by atoms with van der Waals surface area (Å²) in [7, 11) is 1.77. The van der Waals surface area contributed by atoms with Crippen molar-refractivity contribution in [2.24, 2.45) is 0 Å². The SMILES string of the molecule is C=CC1=C(C=C)CN(CC(O)CNC(=O)c2cn3cc(C(/C=C\NC)=C/C=O)ccc3n2)CC1. The van der Waals surface area contributed by atoms with Crippen LogP contribution in [0.1, 0.15) is 22.5 Å². The number of aliphatic hydroxyl groups is 1. The molecule has 0 bridgehead atoms. The lowest BCUT2D eigenvalue weighted by molar-refractivity contribution is -0.104. The molecule has 0 fully saturated rings. The molecule has 8 nitrogen and oxygen atoms in total. The maximum atomic E-state index is 12.6. The maximum Gasteiger partial charge on any atom is 0.271 e. The van der Waals surface area contributed by atoms with Gasteiger partial charge >= 0.3 is 0 Å². The molecule has 0 saturated carbocycles. The van der Waals surface area contributed by atoms with Crippen LogP contribution in [0.4, 0.5) is 0 Å². The highest BCUT2D eigenvalue weighted by Crippen LogP contribution is 2.20. The van der Waals surface area contributed by atoms with Crippen LogP contribution >= 0.6 is 0 Å². The van der Waals surface area contributed by atoms with Gasteiger partial charge in [-0.2, -0.15) is 0 Å². The smallest absolute Gasteiger partial charge is 0.271 e.